The van der Waals surface area contributed by atoms with E-state index in [2.05, 4.69) is 29.1 Å². The van der Waals surface area contributed by atoms with Gasteiger partial charge in [0.05, 0.1) is 23.1 Å². The molecule has 0 radical (unpaired) electrons. The molecule has 0 spiro atoms. The lowest BCUT2D eigenvalue weighted by molar-refractivity contribution is 0.102. The van der Waals surface area contributed by atoms with Crippen molar-refractivity contribution in [3.8, 4) is 22.5 Å². The molecule has 5 aromatic rings. The van der Waals surface area contributed by atoms with Crippen molar-refractivity contribution < 1.29 is 9.18 Å². The molecule has 1 aromatic carbocycles. The number of hydrogen-bond donors (Lipinski definition) is 1. The van der Waals surface area contributed by atoms with Crippen LogP contribution in [-0.2, 0) is 7.05 Å². The number of imidazole rings is 1. The van der Waals surface area contributed by atoms with Gasteiger partial charge in [0.1, 0.15) is 11.5 Å². The number of fused-ring (bicyclic) bond motifs is 1. The summed E-state index contributed by atoms with van der Waals surface area (Å²) in [6.45, 7) is 4.36. The number of anilines is 1. The fourth-order valence-corrected chi connectivity index (χ4v) is 4.72. The van der Waals surface area contributed by atoms with Gasteiger partial charge in [0.15, 0.2) is 11.5 Å². The predicted molar refractivity (Wildman–Crippen MR) is 141 cm³/mol. The zero-order valence-corrected chi connectivity index (χ0v) is 21.0. The number of nitrogens with one attached hydrogen (secondary N) is 1. The summed E-state index contributed by atoms with van der Waals surface area (Å²) in [4.78, 5) is 21.0. The molecule has 0 saturated carbocycles. The van der Waals surface area contributed by atoms with E-state index >= 15 is 0 Å². The topological polar surface area (TPSA) is 90.0 Å². The van der Waals surface area contributed by atoms with E-state index in [0.717, 1.165) is 47.5 Å². The third-order valence-corrected chi connectivity index (χ3v) is 6.49. The minimum absolute atomic E-state index is 0.274. The number of carbonyl (C=O) groups excluding carboxylic acids is 1. The molecule has 0 saturated heterocycles. The van der Waals surface area contributed by atoms with E-state index in [1.54, 1.807) is 47.4 Å². The van der Waals surface area contributed by atoms with Gasteiger partial charge in [-0.3, -0.25) is 14.5 Å². The molecule has 1 N–H and O–H groups in total. The molecule has 0 aliphatic heterocycles. The van der Waals surface area contributed by atoms with Crippen LogP contribution in [0.25, 0.3) is 28.2 Å². The summed E-state index contributed by atoms with van der Waals surface area (Å²) in [6.07, 6.45) is 7.85. The third-order valence-electron chi connectivity index (χ3n) is 6.49. The first-order chi connectivity index (χ1) is 18.0. The van der Waals surface area contributed by atoms with Crippen molar-refractivity contribution in [1.29, 1.82) is 0 Å². The highest BCUT2D eigenvalue weighted by atomic mass is 19.1. The van der Waals surface area contributed by atoms with Crippen LogP contribution in [0.5, 0.6) is 0 Å². The highest BCUT2D eigenvalue weighted by Crippen LogP contribution is 2.39. The molecular weight excluding hydrogens is 469 g/mol. The van der Waals surface area contributed by atoms with Crippen LogP contribution in [0, 0.1) is 5.82 Å². The maximum Gasteiger partial charge on any atom is 0.256 e. The van der Waals surface area contributed by atoms with Gasteiger partial charge < -0.3 is 5.32 Å². The summed E-state index contributed by atoms with van der Waals surface area (Å²) < 4.78 is 17.3. The third kappa shape index (κ3) is 4.84. The number of aryl methyl sites for hydroxylation is 1. The van der Waals surface area contributed by atoms with E-state index < -0.39 is 0 Å². The van der Waals surface area contributed by atoms with Gasteiger partial charge in [0.2, 0.25) is 0 Å². The van der Waals surface area contributed by atoms with Gasteiger partial charge in [-0.25, -0.2) is 13.9 Å². The molecule has 5 rings (SSSR count). The second kappa shape index (κ2) is 10.3. The van der Waals surface area contributed by atoms with E-state index in [1.165, 1.54) is 12.1 Å². The number of benzene rings is 1. The first kappa shape index (κ1) is 24.3. The van der Waals surface area contributed by atoms with E-state index in [1.807, 2.05) is 23.9 Å². The Balaban J connectivity index is 1.59. The Bertz CT molecular complexity index is 1540. The lowest BCUT2D eigenvalue weighted by Gasteiger charge is -2.17. The Kier molecular flexibility index (Phi) is 6.76. The molecule has 1 amide bonds. The summed E-state index contributed by atoms with van der Waals surface area (Å²) in [6, 6.07) is 13.5. The number of nitrogens with zero attached hydrogens (tertiary/aromatic N) is 6. The zero-order valence-electron chi connectivity index (χ0n) is 21.0. The second-order valence-electron chi connectivity index (χ2n) is 8.97. The maximum absolute atomic E-state index is 13.7. The van der Waals surface area contributed by atoms with Crippen LogP contribution >= 0.6 is 0 Å². The Morgan fingerprint density at radius 3 is 2.49 bits per heavy atom. The Morgan fingerprint density at radius 1 is 1.03 bits per heavy atom. The van der Waals surface area contributed by atoms with Crippen LogP contribution < -0.4 is 5.32 Å². The Hall–Kier alpha value is -4.40. The predicted octanol–water partition coefficient (Wildman–Crippen LogP) is 5.88. The monoisotopic (exact) mass is 497 g/mol. The van der Waals surface area contributed by atoms with Crippen LogP contribution in [0.15, 0.2) is 67.1 Å². The second-order valence-corrected chi connectivity index (χ2v) is 8.97. The van der Waals surface area contributed by atoms with Crippen molar-refractivity contribution in [2.24, 2.45) is 7.05 Å². The number of amides is 1. The summed E-state index contributed by atoms with van der Waals surface area (Å²) in [5.74, 6) is 0.124. The van der Waals surface area contributed by atoms with Crippen molar-refractivity contribution >= 4 is 17.4 Å². The van der Waals surface area contributed by atoms with E-state index in [9.17, 15) is 9.18 Å². The number of carbonyl (C=O) groups is 1. The van der Waals surface area contributed by atoms with Crippen molar-refractivity contribution in [3.05, 3.63) is 84.2 Å². The van der Waals surface area contributed by atoms with E-state index in [-0.39, 0.29) is 11.7 Å². The largest absolute Gasteiger partial charge is 0.305 e. The Morgan fingerprint density at radius 2 is 1.78 bits per heavy atom. The normalized spacial score (nSPS) is 12.1. The smallest absolute Gasteiger partial charge is 0.256 e. The summed E-state index contributed by atoms with van der Waals surface area (Å²) in [5.41, 5.74) is 5.42. The highest BCUT2D eigenvalue weighted by molar-refractivity contribution is 6.03. The number of halogens is 1. The molecular formula is C28H28FN7O. The highest BCUT2D eigenvalue weighted by Gasteiger charge is 2.26. The molecule has 37 heavy (non-hydrogen) atoms. The molecule has 1 unspecified atom stereocenters. The van der Waals surface area contributed by atoms with Crippen LogP contribution in [0.1, 0.15) is 55.1 Å². The lowest BCUT2D eigenvalue weighted by Crippen LogP contribution is -2.11. The number of pyridine rings is 1. The van der Waals surface area contributed by atoms with E-state index in [0.29, 0.717) is 22.9 Å². The van der Waals surface area contributed by atoms with Gasteiger partial charge >= 0.3 is 0 Å². The van der Waals surface area contributed by atoms with Crippen molar-refractivity contribution in [3.63, 3.8) is 0 Å². The summed E-state index contributed by atoms with van der Waals surface area (Å²) >= 11 is 0. The first-order valence-corrected chi connectivity index (χ1v) is 12.4. The molecule has 4 aromatic heterocycles. The van der Waals surface area contributed by atoms with Gasteiger partial charge in [0, 0.05) is 36.5 Å². The Labute approximate surface area is 214 Å². The van der Waals surface area contributed by atoms with Crippen LogP contribution in [-0.4, -0.2) is 35.3 Å². The summed E-state index contributed by atoms with van der Waals surface area (Å²) in [7, 11) is 1.95. The maximum atomic E-state index is 13.7. The van der Waals surface area contributed by atoms with Gasteiger partial charge in [0.25, 0.3) is 5.91 Å². The van der Waals surface area contributed by atoms with Gasteiger partial charge in [-0.1, -0.05) is 20.3 Å². The molecule has 0 aliphatic carbocycles. The number of hydrogen-bond acceptors (Lipinski definition) is 5. The molecule has 0 aliphatic rings. The molecule has 188 valence electrons. The molecule has 4 heterocycles. The van der Waals surface area contributed by atoms with Gasteiger partial charge in [-0.15, -0.1) is 0 Å². The van der Waals surface area contributed by atoms with Crippen LogP contribution in [0.3, 0.4) is 0 Å². The van der Waals surface area contributed by atoms with Gasteiger partial charge in [-0.05, 0) is 61.4 Å². The van der Waals surface area contributed by atoms with Crippen molar-refractivity contribution in [2.45, 2.75) is 39.0 Å². The minimum Gasteiger partial charge on any atom is -0.305 e. The quantitative estimate of drug-likeness (QED) is 0.289. The van der Waals surface area contributed by atoms with Crippen LogP contribution in [0.2, 0.25) is 0 Å². The molecule has 0 bridgehead atoms. The van der Waals surface area contributed by atoms with Crippen molar-refractivity contribution in [2.75, 3.05) is 5.32 Å². The molecule has 1 atom stereocenters. The SMILES string of the molecule is CCCC(CC)c1c(-c2ccc3nc(NC(=O)c4ccncc4)cn3n2)c(-c2ccc(F)cc2)nn1C. The molecule has 9 heteroatoms. The van der Waals surface area contributed by atoms with Crippen LogP contribution in [0.4, 0.5) is 10.2 Å². The number of aromatic nitrogens is 6. The number of rotatable bonds is 8. The first-order valence-electron chi connectivity index (χ1n) is 12.4. The average Bonchev–Trinajstić information content (AvgIpc) is 3.47. The van der Waals surface area contributed by atoms with E-state index in [4.69, 9.17) is 10.2 Å². The summed E-state index contributed by atoms with van der Waals surface area (Å²) in [5, 5.41) is 12.5. The fourth-order valence-electron chi connectivity index (χ4n) is 4.72. The van der Waals surface area contributed by atoms with Crippen molar-refractivity contribution in [1.82, 2.24) is 29.4 Å². The zero-order chi connectivity index (χ0) is 25.9. The van der Waals surface area contributed by atoms with Gasteiger partial charge in [-0.2, -0.15) is 10.2 Å². The average molecular weight is 498 g/mol. The molecule has 8 nitrogen and oxygen atoms in total. The molecule has 0 fully saturated rings. The fraction of sp³-hybridized carbons (Fsp3) is 0.250. The standard InChI is InChI=1S/C28H28FN7O/c1-4-6-18(5-2)27-25(26(34-35(27)3)19-7-9-21(29)10-8-19)22-11-12-24-31-23(17-36(24)33-22)32-28(37)20-13-15-30-16-14-20/h7-18H,4-6H2,1-3H3,(H,32,37). The lowest BCUT2D eigenvalue weighted by atomic mass is 9.90. The minimum atomic E-state index is -0.293.